The van der Waals surface area contributed by atoms with Gasteiger partial charge in [-0.25, -0.2) is 4.79 Å². The Morgan fingerprint density at radius 1 is 1.35 bits per heavy atom. The number of morpholine rings is 1. The van der Waals surface area contributed by atoms with Gasteiger partial charge in [0.15, 0.2) is 11.6 Å². The first-order valence-electron chi connectivity index (χ1n) is 10.4. The molecule has 3 rings (SSSR count). The van der Waals surface area contributed by atoms with Gasteiger partial charge in [-0.2, -0.15) is 14.4 Å². The predicted molar refractivity (Wildman–Crippen MR) is 112 cm³/mol. The lowest BCUT2D eigenvalue weighted by atomic mass is 9.92. The van der Waals surface area contributed by atoms with Gasteiger partial charge in [0.05, 0.1) is 25.2 Å². The van der Waals surface area contributed by atoms with Crippen LogP contribution in [0.25, 0.3) is 0 Å². The standard InChI is InChI=1S/C19H28ClFN6O4/c1-11-10-31-7-6-27(11)16-14(21)15(23-18(20)24-16)25-26-17(28)13(9-22-19(29)30)8-12-4-2-3-5-12/h11-13,22H,2-10H2,1H3,(H,26,28)(H,29,30)(H,23,24,25)/t11-,13+/m0/s1. The summed E-state index contributed by atoms with van der Waals surface area (Å²) in [6, 6.07) is -0.102. The molecule has 1 saturated carbocycles. The van der Waals surface area contributed by atoms with Gasteiger partial charge in [-0.05, 0) is 30.9 Å². The minimum Gasteiger partial charge on any atom is -0.465 e. The number of rotatable bonds is 8. The molecule has 1 aliphatic carbocycles. The summed E-state index contributed by atoms with van der Waals surface area (Å²) in [5.74, 6) is -1.64. The summed E-state index contributed by atoms with van der Waals surface area (Å²) in [5, 5.41) is 11.0. The number of nitrogens with one attached hydrogen (secondary N) is 3. The number of hydrogen-bond acceptors (Lipinski definition) is 7. The van der Waals surface area contributed by atoms with Gasteiger partial charge in [0.25, 0.3) is 0 Å². The quantitative estimate of drug-likeness (QED) is 0.345. The summed E-state index contributed by atoms with van der Waals surface area (Å²) < 4.78 is 20.4. The molecule has 1 saturated heterocycles. The Morgan fingerprint density at radius 3 is 2.77 bits per heavy atom. The fourth-order valence-corrected chi connectivity index (χ4v) is 4.25. The van der Waals surface area contributed by atoms with Crippen molar-refractivity contribution in [2.45, 2.75) is 45.1 Å². The van der Waals surface area contributed by atoms with Crippen LogP contribution in [0.4, 0.5) is 20.8 Å². The fraction of sp³-hybridized carbons (Fsp3) is 0.684. The van der Waals surface area contributed by atoms with E-state index in [1.165, 1.54) is 0 Å². The molecular weight excluding hydrogens is 431 g/mol. The van der Waals surface area contributed by atoms with Crippen molar-refractivity contribution in [2.75, 3.05) is 36.6 Å². The van der Waals surface area contributed by atoms with E-state index in [0.717, 1.165) is 25.7 Å². The van der Waals surface area contributed by atoms with Crippen molar-refractivity contribution >= 4 is 35.2 Å². The molecule has 12 heteroatoms. The van der Waals surface area contributed by atoms with Gasteiger partial charge in [-0.15, -0.1) is 0 Å². The van der Waals surface area contributed by atoms with Crippen molar-refractivity contribution < 1.29 is 23.8 Å². The van der Waals surface area contributed by atoms with Crippen LogP contribution in [0.2, 0.25) is 5.28 Å². The van der Waals surface area contributed by atoms with Crippen LogP contribution in [-0.4, -0.2) is 59.4 Å². The van der Waals surface area contributed by atoms with Crippen molar-refractivity contribution in [3.05, 3.63) is 11.1 Å². The molecule has 0 unspecified atom stereocenters. The molecule has 172 valence electrons. The highest BCUT2D eigenvalue weighted by atomic mass is 35.5. The molecular formula is C19H28ClFN6O4. The Labute approximate surface area is 184 Å². The highest BCUT2D eigenvalue weighted by Gasteiger charge is 2.28. The molecule has 0 bridgehead atoms. The van der Waals surface area contributed by atoms with E-state index >= 15 is 4.39 Å². The van der Waals surface area contributed by atoms with E-state index < -0.39 is 23.7 Å². The van der Waals surface area contributed by atoms with Gasteiger partial charge in [0.1, 0.15) is 0 Å². The Morgan fingerprint density at radius 2 is 2.10 bits per heavy atom. The number of amides is 2. The van der Waals surface area contributed by atoms with Gasteiger partial charge in [0, 0.05) is 13.1 Å². The number of carboxylic acid groups (broad SMARTS) is 1. The third kappa shape index (κ3) is 6.30. The van der Waals surface area contributed by atoms with Gasteiger partial charge < -0.3 is 20.1 Å². The number of ether oxygens (including phenoxy) is 1. The summed E-state index contributed by atoms with van der Waals surface area (Å²) in [4.78, 5) is 33.2. The molecule has 2 fully saturated rings. The Balaban J connectivity index is 1.68. The second kappa shape index (κ2) is 10.8. The number of halogens is 2. The smallest absolute Gasteiger partial charge is 0.404 e. The summed E-state index contributed by atoms with van der Waals surface area (Å²) >= 11 is 5.99. The van der Waals surface area contributed by atoms with Crippen LogP contribution >= 0.6 is 11.6 Å². The zero-order chi connectivity index (χ0) is 22.4. The number of nitrogens with zero attached hydrogens (tertiary/aromatic N) is 3. The molecule has 2 amide bonds. The van der Waals surface area contributed by atoms with Crippen LogP contribution in [0.3, 0.4) is 0 Å². The average molecular weight is 459 g/mol. The molecule has 2 heterocycles. The first-order valence-corrected chi connectivity index (χ1v) is 10.8. The molecule has 0 spiro atoms. The molecule has 0 radical (unpaired) electrons. The van der Waals surface area contributed by atoms with Crippen LogP contribution in [-0.2, 0) is 9.53 Å². The highest BCUT2D eigenvalue weighted by Crippen LogP contribution is 2.30. The Bertz CT molecular complexity index is 795. The number of carbonyl (C=O) groups excluding carboxylic acids is 1. The van der Waals surface area contributed by atoms with E-state index in [2.05, 4.69) is 26.1 Å². The van der Waals surface area contributed by atoms with Gasteiger partial charge in [0.2, 0.25) is 17.0 Å². The topological polar surface area (TPSA) is 129 Å². The monoisotopic (exact) mass is 458 g/mol. The van der Waals surface area contributed by atoms with E-state index in [1.54, 1.807) is 4.90 Å². The first kappa shape index (κ1) is 23.3. The third-order valence-electron chi connectivity index (χ3n) is 5.71. The maximum Gasteiger partial charge on any atom is 0.404 e. The van der Waals surface area contributed by atoms with Gasteiger partial charge in [-0.3, -0.25) is 15.6 Å². The Kier molecular flexibility index (Phi) is 8.08. The minimum atomic E-state index is -1.20. The second-order valence-corrected chi connectivity index (χ2v) is 8.32. The normalized spacial score (nSPS) is 20.4. The van der Waals surface area contributed by atoms with Crippen LogP contribution in [0.15, 0.2) is 0 Å². The van der Waals surface area contributed by atoms with Crippen LogP contribution in [0.1, 0.15) is 39.0 Å². The number of anilines is 2. The van der Waals surface area contributed by atoms with Gasteiger partial charge in [-0.1, -0.05) is 25.7 Å². The Hall–Kier alpha value is -2.40. The van der Waals surface area contributed by atoms with Crippen molar-refractivity contribution in [3.63, 3.8) is 0 Å². The zero-order valence-electron chi connectivity index (χ0n) is 17.4. The molecule has 4 N–H and O–H groups in total. The summed E-state index contributed by atoms with van der Waals surface area (Å²) in [5.41, 5.74) is 4.95. The lowest BCUT2D eigenvalue weighted by Gasteiger charge is -2.34. The van der Waals surface area contributed by atoms with Crippen LogP contribution in [0.5, 0.6) is 0 Å². The summed E-state index contributed by atoms with van der Waals surface area (Å²) in [6.07, 6.45) is 3.60. The second-order valence-electron chi connectivity index (χ2n) is 7.98. The molecule has 1 aromatic heterocycles. The molecule has 2 aliphatic rings. The maximum absolute atomic E-state index is 15.1. The van der Waals surface area contributed by atoms with Crippen LogP contribution < -0.4 is 21.1 Å². The van der Waals surface area contributed by atoms with Crippen molar-refractivity contribution in [3.8, 4) is 0 Å². The zero-order valence-corrected chi connectivity index (χ0v) is 18.1. The summed E-state index contributed by atoms with van der Waals surface area (Å²) in [6.45, 7) is 3.17. The fourth-order valence-electron chi connectivity index (χ4n) is 4.09. The van der Waals surface area contributed by atoms with E-state index in [4.69, 9.17) is 21.4 Å². The van der Waals surface area contributed by atoms with E-state index in [-0.39, 0.29) is 29.5 Å². The van der Waals surface area contributed by atoms with Crippen molar-refractivity contribution in [1.29, 1.82) is 0 Å². The van der Waals surface area contributed by atoms with Gasteiger partial charge >= 0.3 is 6.09 Å². The van der Waals surface area contributed by atoms with E-state index in [9.17, 15) is 9.59 Å². The minimum absolute atomic E-state index is 0.0249. The van der Waals surface area contributed by atoms with E-state index in [1.807, 2.05) is 6.92 Å². The predicted octanol–water partition coefficient (Wildman–Crippen LogP) is 2.40. The maximum atomic E-state index is 15.1. The summed E-state index contributed by atoms with van der Waals surface area (Å²) in [7, 11) is 0. The molecule has 2 atom stereocenters. The van der Waals surface area contributed by atoms with Crippen molar-refractivity contribution in [2.24, 2.45) is 11.8 Å². The number of hydrazine groups is 1. The first-order chi connectivity index (χ1) is 14.8. The SMILES string of the molecule is C[C@H]1COCCN1c1nc(Cl)nc(NNC(=O)[C@@H](CNC(=O)O)CC2CCCC2)c1F. The lowest BCUT2D eigenvalue weighted by Crippen LogP contribution is -2.45. The number of aromatic nitrogens is 2. The van der Waals surface area contributed by atoms with Crippen LogP contribution in [0, 0.1) is 17.7 Å². The third-order valence-corrected chi connectivity index (χ3v) is 5.88. The molecule has 1 aromatic rings. The molecule has 1 aliphatic heterocycles. The van der Waals surface area contributed by atoms with E-state index in [0.29, 0.717) is 32.1 Å². The number of hydrogen-bond donors (Lipinski definition) is 4. The molecule has 31 heavy (non-hydrogen) atoms. The highest BCUT2D eigenvalue weighted by molar-refractivity contribution is 6.28. The largest absolute Gasteiger partial charge is 0.465 e. The lowest BCUT2D eigenvalue weighted by molar-refractivity contribution is -0.124. The average Bonchev–Trinajstić information content (AvgIpc) is 3.25. The molecule has 0 aromatic carbocycles. The molecule has 10 nitrogen and oxygen atoms in total. The number of carbonyl (C=O) groups is 2. The van der Waals surface area contributed by atoms with Crippen molar-refractivity contribution in [1.82, 2.24) is 20.7 Å².